The lowest BCUT2D eigenvalue weighted by atomic mass is 10.2. The van der Waals surface area contributed by atoms with Crippen LogP contribution in [0.4, 0.5) is 0 Å². The van der Waals surface area contributed by atoms with Crippen molar-refractivity contribution in [3.05, 3.63) is 30.1 Å². The van der Waals surface area contributed by atoms with Crippen molar-refractivity contribution in [1.29, 1.82) is 0 Å². The Morgan fingerprint density at radius 1 is 1.39 bits per heavy atom. The van der Waals surface area contributed by atoms with E-state index in [0.29, 0.717) is 5.82 Å². The zero-order chi connectivity index (χ0) is 12.6. The van der Waals surface area contributed by atoms with Gasteiger partial charge in [-0.15, -0.1) is 0 Å². The fourth-order valence-electron chi connectivity index (χ4n) is 2.10. The molecule has 94 valence electrons. The van der Waals surface area contributed by atoms with Gasteiger partial charge in [-0.3, -0.25) is 5.10 Å². The monoisotopic (exact) mass is 244 g/mol. The third kappa shape index (κ3) is 1.76. The standard InChI is InChI=1S/C13H16N4O/c1-14-13(6-7-13)12-15-11(16-17-12)9-4-3-5-10(8-9)18-2/h3-5,8,14H,6-7H2,1-2H3,(H,15,16,17). The molecule has 3 rings (SSSR count). The summed E-state index contributed by atoms with van der Waals surface area (Å²) >= 11 is 0. The van der Waals surface area contributed by atoms with Crippen LogP contribution in [0.1, 0.15) is 18.7 Å². The van der Waals surface area contributed by atoms with Crippen LogP contribution in [-0.2, 0) is 5.54 Å². The Bertz CT molecular complexity index is 560. The minimum atomic E-state index is 0.0180. The van der Waals surface area contributed by atoms with E-state index in [0.717, 1.165) is 30.0 Å². The Morgan fingerprint density at radius 3 is 2.89 bits per heavy atom. The second kappa shape index (κ2) is 4.10. The van der Waals surface area contributed by atoms with E-state index in [1.54, 1.807) is 7.11 Å². The minimum Gasteiger partial charge on any atom is -0.497 e. The van der Waals surface area contributed by atoms with Crippen LogP contribution < -0.4 is 10.1 Å². The first-order valence-electron chi connectivity index (χ1n) is 6.04. The molecule has 0 amide bonds. The molecule has 5 nitrogen and oxygen atoms in total. The molecular formula is C13H16N4O. The second-order valence-corrected chi connectivity index (χ2v) is 4.57. The lowest BCUT2D eigenvalue weighted by molar-refractivity contribution is 0.415. The summed E-state index contributed by atoms with van der Waals surface area (Å²) in [5, 5.41) is 10.6. The van der Waals surface area contributed by atoms with Crippen LogP contribution in [-0.4, -0.2) is 29.3 Å². The highest BCUT2D eigenvalue weighted by Crippen LogP contribution is 2.43. The van der Waals surface area contributed by atoms with Gasteiger partial charge in [-0.2, -0.15) is 5.10 Å². The van der Waals surface area contributed by atoms with E-state index in [4.69, 9.17) is 4.74 Å². The van der Waals surface area contributed by atoms with Crippen molar-refractivity contribution in [3.63, 3.8) is 0 Å². The number of methoxy groups -OCH3 is 1. The average Bonchev–Trinajstić information content (AvgIpc) is 3.08. The Balaban J connectivity index is 1.93. The lowest BCUT2D eigenvalue weighted by Gasteiger charge is -2.08. The molecule has 0 atom stereocenters. The number of nitrogens with zero attached hydrogens (tertiary/aromatic N) is 2. The summed E-state index contributed by atoms with van der Waals surface area (Å²) in [5.74, 6) is 2.45. The van der Waals surface area contributed by atoms with Crippen LogP contribution in [0.3, 0.4) is 0 Å². The van der Waals surface area contributed by atoms with E-state index in [1.807, 2.05) is 31.3 Å². The summed E-state index contributed by atoms with van der Waals surface area (Å²) in [6.45, 7) is 0. The molecule has 5 heteroatoms. The number of H-pyrrole nitrogens is 1. The Kier molecular flexibility index (Phi) is 2.56. The van der Waals surface area contributed by atoms with Gasteiger partial charge in [-0.25, -0.2) is 4.98 Å². The van der Waals surface area contributed by atoms with Gasteiger partial charge in [-0.05, 0) is 32.0 Å². The van der Waals surface area contributed by atoms with Gasteiger partial charge in [-0.1, -0.05) is 12.1 Å². The number of nitrogens with one attached hydrogen (secondary N) is 2. The van der Waals surface area contributed by atoms with Crippen LogP contribution in [0.25, 0.3) is 11.4 Å². The SMILES string of the molecule is CNC1(c2nc(-c3cccc(OC)c3)n[nH]2)CC1. The van der Waals surface area contributed by atoms with Crippen molar-refractivity contribution >= 4 is 0 Å². The van der Waals surface area contributed by atoms with Crippen LogP contribution >= 0.6 is 0 Å². The molecule has 1 aliphatic rings. The normalized spacial score (nSPS) is 16.6. The zero-order valence-electron chi connectivity index (χ0n) is 10.5. The molecule has 2 aromatic rings. The van der Waals surface area contributed by atoms with Gasteiger partial charge in [0, 0.05) is 5.56 Å². The van der Waals surface area contributed by atoms with Crippen molar-refractivity contribution in [1.82, 2.24) is 20.5 Å². The number of ether oxygens (including phenoxy) is 1. The molecule has 0 radical (unpaired) electrons. The predicted molar refractivity (Wildman–Crippen MR) is 68.3 cm³/mol. The zero-order valence-corrected chi connectivity index (χ0v) is 10.5. The van der Waals surface area contributed by atoms with Gasteiger partial charge >= 0.3 is 0 Å². The topological polar surface area (TPSA) is 62.8 Å². The number of benzene rings is 1. The van der Waals surface area contributed by atoms with E-state index < -0.39 is 0 Å². The molecular weight excluding hydrogens is 228 g/mol. The molecule has 1 heterocycles. The summed E-state index contributed by atoms with van der Waals surface area (Å²) in [6.07, 6.45) is 2.21. The highest BCUT2D eigenvalue weighted by Gasteiger charge is 2.46. The fourth-order valence-corrected chi connectivity index (χ4v) is 2.10. The fraction of sp³-hybridized carbons (Fsp3) is 0.385. The first-order valence-corrected chi connectivity index (χ1v) is 6.04. The van der Waals surface area contributed by atoms with E-state index >= 15 is 0 Å². The van der Waals surface area contributed by atoms with Crippen molar-refractivity contribution in [2.45, 2.75) is 18.4 Å². The van der Waals surface area contributed by atoms with Crippen molar-refractivity contribution < 1.29 is 4.74 Å². The second-order valence-electron chi connectivity index (χ2n) is 4.57. The van der Waals surface area contributed by atoms with Crippen LogP contribution in [0.5, 0.6) is 5.75 Å². The van der Waals surface area contributed by atoms with Crippen LogP contribution in [0.15, 0.2) is 24.3 Å². The molecule has 0 saturated heterocycles. The average molecular weight is 244 g/mol. The molecule has 0 bridgehead atoms. The van der Waals surface area contributed by atoms with Crippen molar-refractivity contribution in [3.8, 4) is 17.1 Å². The number of aromatic nitrogens is 3. The minimum absolute atomic E-state index is 0.0180. The van der Waals surface area contributed by atoms with Crippen LogP contribution in [0, 0.1) is 0 Å². The van der Waals surface area contributed by atoms with Gasteiger partial charge in [0.25, 0.3) is 0 Å². The van der Waals surface area contributed by atoms with Crippen molar-refractivity contribution in [2.75, 3.05) is 14.2 Å². The van der Waals surface area contributed by atoms with Gasteiger partial charge in [0.1, 0.15) is 11.6 Å². The van der Waals surface area contributed by atoms with E-state index in [-0.39, 0.29) is 5.54 Å². The maximum atomic E-state index is 5.21. The number of rotatable bonds is 4. The van der Waals surface area contributed by atoms with Gasteiger partial charge in [0.2, 0.25) is 0 Å². The largest absolute Gasteiger partial charge is 0.497 e. The third-order valence-corrected chi connectivity index (χ3v) is 3.50. The molecule has 0 aliphatic heterocycles. The Labute approximate surface area is 106 Å². The quantitative estimate of drug-likeness (QED) is 0.859. The molecule has 1 saturated carbocycles. The van der Waals surface area contributed by atoms with Gasteiger partial charge in [0.05, 0.1) is 12.6 Å². The predicted octanol–water partition coefficient (Wildman–Crippen LogP) is 1.69. The lowest BCUT2D eigenvalue weighted by Crippen LogP contribution is -2.25. The summed E-state index contributed by atoms with van der Waals surface area (Å²) in [6, 6.07) is 7.77. The summed E-state index contributed by atoms with van der Waals surface area (Å²) in [7, 11) is 3.61. The summed E-state index contributed by atoms with van der Waals surface area (Å²) in [4.78, 5) is 4.58. The molecule has 1 aromatic heterocycles. The Hall–Kier alpha value is -1.88. The van der Waals surface area contributed by atoms with Crippen molar-refractivity contribution in [2.24, 2.45) is 0 Å². The number of aromatic amines is 1. The first-order chi connectivity index (χ1) is 8.77. The smallest absolute Gasteiger partial charge is 0.181 e. The first kappa shape index (κ1) is 11.2. The molecule has 0 unspecified atom stereocenters. The summed E-state index contributed by atoms with van der Waals surface area (Å²) < 4.78 is 5.21. The molecule has 1 fully saturated rings. The maximum Gasteiger partial charge on any atom is 0.181 e. The van der Waals surface area contributed by atoms with Gasteiger partial charge < -0.3 is 10.1 Å². The number of hydrogen-bond donors (Lipinski definition) is 2. The van der Waals surface area contributed by atoms with E-state index in [9.17, 15) is 0 Å². The third-order valence-electron chi connectivity index (χ3n) is 3.50. The molecule has 2 N–H and O–H groups in total. The molecule has 18 heavy (non-hydrogen) atoms. The molecule has 1 aliphatic carbocycles. The highest BCUT2D eigenvalue weighted by atomic mass is 16.5. The van der Waals surface area contributed by atoms with Gasteiger partial charge in [0.15, 0.2) is 5.82 Å². The highest BCUT2D eigenvalue weighted by molar-refractivity contribution is 5.57. The van der Waals surface area contributed by atoms with Crippen LogP contribution in [0.2, 0.25) is 0 Å². The van der Waals surface area contributed by atoms with E-state index in [1.165, 1.54) is 0 Å². The maximum absolute atomic E-state index is 5.21. The molecule has 1 aromatic carbocycles. The Morgan fingerprint density at radius 2 is 2.22 bits per heavy atom. The number of hydrogen-bond acceptors (Lipinski definition) is 4. The summed E-state index contributed by atoms with van der Waals surface area (Å²) in [5.41, 5.74) is 0.980. The van der Waals surface area contributed by atoms with E-state index in [2.05, 4.69) is 20.5 Å². The molecule has 0 spiro atoms.